The molecule has 1 heterocycles. The van der Waals surface area contributed by atoms with Gasteiger partial charge >= 0.3 is 5.97 Å². The molecule has 0 saturated carbocycles. The van der Waals surface area contributed by atoms with E-state index in [0.717, 1.165) is 0 Å². The van der Waals surface area contributed by atoms with Crippen LogP contribution in [-0.2, 0) is 19.6 Å². The first-order chi connectivity index (χ1) is 9.87. The van der Waals surface area contributed by atoms with Crippen LogP contribution in [0.1, 0.15) is 12.8 Å². The molecule has 0 aliphatic carbocycles. The highest BCUT2D eigenvalue weighted by Crippen LogP contribution is 2.31. The third-order valence-electron chi connectivity index (χ3n) is 3.63. The van der Waals surface area contributed by atoms with Crippen LogP contribution in [0.25, 0.3) is 0 Å². The first-order valence-corrected chi connectivity index (χ1v) is 8.29. The molecule has 21 heavy (non-hydrogen) atoms. The Balaban J connectivity index is 2.17. The summed E-state index contributed by atoms with van der Waals surface area (Å²) in [6.45, 7) is 0.430. The lowest BCUT2D eigenvalue weighted by Crippen LogP contribution is -2.46. The minimum Gasteiger partial charge on any atom is -0.481 e. The van der Waals surface area contributed by atoms with Gasteiger partial charge in [0.15, 0.2) is 0 Å². The van der Waals surface area contributed by atoms with Crippen LogP contribution < -0.4 is 4.72 Å². The molecule has 1 aromatic rings. The number of carboxylic acid groups (broad SMARTS) is 1. The van der Waals surface area contributed by atoms with Crippen molar-refractivity contribution in [1.29, 1.82) is 0 Å². The number of aliphatic carboxylic acids is 1. The second-order valence-corrected chi connectivity index (χ2v) is 7.10. The molecule has 0 bridgehead atoms. The van der Waals surface area contributed by atoms with Crippen LogP contribution >= 0.6 is 11.6 Å². The standard InChI is InChI=1S/C13H16ClNO5S/c14-10-3-1-2-4-11(10)21(18,19)15-9-13(12(16)17)5-7-20-8-6-13/h1-4,15H,5-9H2,(H,16,17). The van der Waals surface area contributed by atoms with Crippen molar-refractivity contribution >= 4 is 27.6 Å². The zero-order valence-electron chi connectivity index (χ0n) is 11.2. The zero-order valence-corrected chi connectivity index (χ0v) is 12.8. The molecular weight excluding hydrogens is 318 g/mol. The molecule has 1 aliphatic rings. The minimum absolute atomic E-state index is 0.0562. The number of carbonyl (C=O) groups is 1. The van der Waals surface area contributed by atoms with Crippen molar-refractivity contribution in [2.75, 3.05) is 19.8 Å². The van der Waals surface area contributed by atoms with E-state index in [1.165, 1.54) is 12.1 Å². The maximum absolute atomic E-state index is 12.2. The van der Waals surface area contributed by atoms with E-state index < -0.39 is 21.4 Å². The van der Waals surface area contributed by atoms with E-state index in [4.69, 9.17) is 16.3 Å². The zero-order chi connectivity index (χ0) is 15.5. The highest BCUT2D eigenvalue weighted by Gasteiger charge is 2.41. The van der Waals surface area contributed by atoms with Crippen molar-refractivity contribution in [3.63, 3.8) is 0 Å². The molecular formula is C13H16ClNO5S. The van der Waals surface area contributed by atoms with Crippen molar-refractivity contribution in [2.45, 2.75) is 17.7 Å². The summed E-state index contributed by atoms with van der Waals surface area (Å²) < 4.78 is 32.0. The summed E-state index contributed by atoms with van der Waals surface area (Å²) in [5, 5.41) is 9.49. The number of rotatable bonds is 5. The Kier molecular flexibility index (Phi) is 4.88. The van der Waals surface area contributed by atoms with Crippen molar-refractivity contribution in [2.24, 2.45) is 5.41 Å². The molecule has 0 unspecified atom stereocenters. The Morgan fingerprint density at radius 1 is 1.33 bits per heavy atom. The smallest absolute Gasteiger partial charge is 0.311 e. The monoisotopic (exact) mass is 333 g/mol. The molecule has 0 spiro atoms. The van der Waals surface area contributed by atoms with Gasteiger partial charge in [0.25, 0.3) is 0 Å². The fraction of sp³-hybridized carbons (Fsp3) is 0.462. The predicted octanol–water partition coefficient (Wildman–Crippen LogP) is 1.50. The van der Waals surface area contributed by atoms with Crippen molar-refractivity contribution < 1.29 is 23.1 Å². The molecule has 1 saturated heterocycles. The Hall–Kier alpha value is -1.15. The Morgan fingerprint density at radius 2 is 1.95 bits per heavy atom. The molecule has 1 aromatic carbocycles. The number of halogens is 1. The Labute approximate surface area is 128 Å². The summed E-state index contributed by atoms with van der Waals surface area (Å²) in [6, 6.07) is 6.03. The van der Waals surface area contributed by atoms with Gasteiger partial charge in [-0.25, -0.2) is 13.1 Å². The molecule has 1 aliphatic heterocycles. The van der Waals surface area contributed by atoms with Gasteiger partial charge in [-0.1, -0.05) is 23.7 Å². The van der Waals surface area contributed by atoms with E-state index in [9.17, 15) is 18.3 Å². The fourth-order valence-electron chi connectivity index (χ4n) is 2.20. The van der Waals surface area contributed by atoms with Crippen molar-refractivity contribution in [1.82, 2.24) is 4.72 Å². The van der Waals surface area contributed by atoms with Gasteiger partial charge in [-0.05, 0) is 25.0 Å². The van der Waals surface area contributed by atoms with Gasteiger partial charge < -0.3 is 9.84 Å². The van der Waals surface area contributed by atoms with Gasteiger partial charge in [0.2, 0.25) is 10.0 Å². The second-order valence-electron chi connectivity index (χ2n) is 4.95. The molecule has 1 fully saturated rings. The van der Waals surface area contributed by atoms with Crippen LogP contribution in [-0.4, -0.2) is 39.3 Å². The molecule has 8 heteroatoms. The molecule has 2 rings (SSSR count). The molecule has 0 radical (unpaired) electrons. The van der Waals surface area contributed by atoms with Gasteiger partial charge in [0.1, 0.15) is 4.90 Å². The number of hydrogen-bond donors (Lipinski definition) is 2. The number of ether oxygens (including phenoxy) is 1. The van der Waals surface area contributed by atoms with Crippen LogP contribution in [0, 0.1) is 5.41 Å². The Bertz CT molecular complexity index is 625. The SMILES string of the molecule is O=C(O)C1(CNS(=O)(=O)c2ccccc2Cl)CCOCC1. The van der Waals surface area contributed by atoms with Gasteiger partial charge in [0, 0.05) is 19.8 Å². The molecule has 0 amide bonds. The van der Waals surface area contributed by atoms with E-state index in [1.807, 2.05) is 0 Å². The highest BCUT2D eigenvalue weighted by molar-refractivity contribution is 7.89. The quantitative estimate of drug-likeness (QED) is 0.851. The van der Waals surface area contributed by atoms with Crippen LogP contribution in [0.5, 0.6) is 0 Å². The van der Waals surface area contributed by atoms with Gasteiger partial charge in [-0.15, -0.1) is 0 Å². The van der Waals surface area contributed by atoms with E-state index in [-0.39, 0.29) is 29.3 Å². The van der Waals surface area contributed by atoms with Crippen LogP contribution in [0.4, 0.5) is 0 Å². The lowest BCUT2D eigenvalue weighted by molar-refractivity contribution is -0.154. The van der Waals surface area contributed by atoms with E-state index in [1.54, 1.807) is 12.1 Å². The van der Waals surface area contributed by atoms with Crippen LogP contribution in [0.15, 0.2) is 29.2 Å². The lowest BCUT2D eigenvalue weighted by Gasteiger charge is -2.33. The van der Waals surface area contributed by atoms with Gasteiger partial charge in [0.05, 0.1) is 10.4 Å². The summed E-state index contributed by atoms with van der Waals surface area (Å²) in [4.78, 5) is 11.4. The van der Waals surface area contributed by atoms with Crippen molar-refractivity contribution in [3.05, 3.63) is 29.3 Å². The number of hydrogen-bond acceptors (Lipinski definition) is 4. The third kappa shape index (κ3) is 3.55. The number of nitrogens with one attached hydrogen (secondary N) is 1. The third-order valence-corrected chi connectivity index (χ3v) is 5.53. The lowest BCUT2D eigenvalue weighted by atomic mass is 9.80. The Morgan fingerprint density at radius 3 is 2.52 bits per heavy atom. The summed E-state index contributed by atoms with van der Waals surface area (Å²) in [5.74, 6) is -1.02. The fourth-order valence-corrected chi connectivity index (χ4v) is 3.85. The molecule has 0 aromatic heterocycles. The second kappa shape index (κ2) is 6.31. The minimum atomic E-state index is -3.85. The van der Waals surface area contributed by atoms with Gasteiger partial charge in [-0.3, -0.25) is 4.79 Å². The normalized spacial score (nSPS) is 18.3. The molecule has 0 atom stereocenters. The maximum atomic E-state index is 12.2. The van der Waals surface area contributed by atoms with E-state index >= 15 is 0 Å². The van der Waals surface area contributed by atoms with Crippen molar-refractivity contribution in [3.8, 4) is 0 Å². The van der Waals surface area contributed by atoms with Gasteiger partial charge in [-0.2, -0.15) is 0 Å². The first kappa shape index (κ1) is 16.2. The van der Waals surface area contributed by atoms with E-state index in [2.05, 4.69) is 4.72 Å². The maximum Gasteiger partial charge on any atom is 0.311 e. The van der Waals surface area contributed by atoms with Crippen LogP contribution in [0.3, 0.4) is 0 Å². The van der Waals surface area contributed by atoms with Crippen LogP contribution in [0.2, 0.25) is 5.02 Å². The summed E-state index contributed by atoms with van der Waals surface area (Å²) in [5.41, 5.74) is -1.13. The average Bonchev–Trinajstić information content (AvgIpc) is 2.46. The summed E-state index contributed by atoms with van der Waals surface area (Å²) in [6.07, 6.45) is 0.542. The highest BCUT2D eigenvalue weighted by atomic mass is 35.5. The topological polar surface area (TPSA) is 92.7 Å². The summed E-state index contributed by atoms with van der Waals surface area (Å²) in [7, 11) is -3.85. The number of carboxylic acids is 1. The average molecular weight is 334 g/mol. The molecule has 116 valence electrons. The molecule has 6 nitrogen and oxygen atoms in total. The first-order valence-electron chi connectivity index (χ1n) is 6.43. The summed E-state index contributed by atoms with van der Waals surface area (Å²) >= 11 is 5.87. The molecule has 2 N–H and O–H groups in total. The largest absolute Gasteiger partial charge is 0.481 e. The predicted molar refractivity (Wildman–Crippen MR) is 76.8 cm³/mol. The van der Waals surface area contributed by atoms with E-state index in [0.29, 0.717) is 13.2 Å². The number of sulfonamides is 1. The number of benzene rings is 1.